The molecule has 0 radical (unpaired) electrons. The van der Waals surface area contributed by atoms with E-state index in [0.29, 0.717) is 24.7 Å². The van der Waals surface area contributed by atoms with Gasteiger partial charge in [0.2, 0.25) is 0 Å². The van der Waals surface area contributed by atoms with Crippen LogP contribution in [0.5, 0.6) is 5.75 Å². The fourth-order valence-electron chi connectivity index (χ4n) is 1.79. The largest absolute Gasteiger partial charge is 0.492 e. The molecule has 0 aromatic heterocycles. The molecular weight excluding hydrogens is 264 g/mol. The van der Waals surface area contributed by atoms with Crippen LogP contribution in [0.1, 0.15) is 13.3 Å². The normalized spacial score (nSPS) is 17.7. The van der Waals surface area contributed by atoms with E-state index in [0.717, 1.165) is 11.4 Å². The summed E-state index contributed by atoms with van der Waals surface area (Å²) in [6.45, 7) is 2.93. The summed E-state index contributed by atoms with van der Waals surface area (Å²) in [5.74, 6) is 0.463. The summed E-state index contributed by atoms with van der Waals surface area (Å²) < 4.78 is 10.4. The zero-order valence-electron chi connectivity index (χ0n) is 10.6. The van der Waals surface area contributed by atoms with Crippen molar-refractivity contribution in [3.63, 3.8) is 0 Å². The molecule has 2 N–H and O–H groups in total. The minimum absolute atomic E-state index is 0.262. The van der Waals surface area contributed by atoms with Crippen LogP contribution in [0.2, 0.25) is 0 Å². The highest BCUT2D eigenvalue weighted by molar-refractivity contribution is 7.80. The van der Waals surface area contributed by atoms with Crippen LogP contribution in [0, 0.1) is 0 Å². The monoisotopic (exact) mass is 280 g/mol. The summed E-state index contributed by atoms with van der Waals surface area (Å²) in [7, 11) is 0. The number of cyclic esters (lactones) is 1. The van der Waals surface area contributed by atoms with Gasteiger partial charge in [-0.3, -0.25) is 0 Å². The van der Waals surface area contributed by atoms with Crippen LogP contribution >= 0.6 is 12.2 Å². The van der Waals surface area contributed by atoms with E-state index in [1.54, 1.807) is 0 Å². The van der Waals surface area contributed by atoms with E-state index >= 15 is 0 Å². The van der Waals surface area contributed by atoms with Gasteiger partial charge in [-0.05, 0) is 31.3 Å². The Hall–Kier alpha value is -1.82. The maximum absolute atomic E-state index is 11.3. The molecule has 102 valence electrons. The van der Waals surface area contributed by atoms with E-state index in [1.165, 1.54) is 0 Å². The number of nitrogens with one attached hydrogen (secondary N) is 2. The second-order valence-corrected chi connectivity index (χ2v) is 4.44. The van der Waals surface area contributed by atoms with Gasteiger partial charge in [0.1, 0.15) is 11.8 Å². The number of carbonyl (C=O) groups is 1. The standard InChI is InChI=1S/C13H16N2O3S/c1-2-17-11-6-4-3-5-9(11)14-13(19)15-10-7-8-18-12(10)16/h3-6,10H,2,7-8H2,1H3,(H2,14,15,19). The number of benzene rings is 1. The Morgan fingerprint density at radius 1 is 1.53 bits per heavy atom. The molecule has 1 aromatic carbocycles. The van der Waals surface area contributed by atoms with Gasteiger partial charge in [0.25, 0.3) is 0 Å². The van der Waals surface area contributed by atoms with Crippen molar-refractivity contribution in [3.05, 3.63) is 24.3 Å². The fraction of sp³-hybridized carbons (Fsp3) is 0.385. The van der Waals surface area contributed by atoms with Crippen LogP contribution in [0.4, 0.5) is 5.69 Å². The third-order valence-electron chi connectivity index (χ3n) is 2.68. The third-order valence-corrected chi connectivity index (χ3v) is 2.90. The summed E-state index contributed by atoms with van der Waals surface area (Å²) in [4.78, 5) is 11.3. The van der Waals surface area contributed by atoms with Crippen LogP contribution in [-0.2, 0) is 9.53 Å². The van der Waals surface area contributed by atoms with Crippen molar-refractivity contribution in [2.75, 3.05) is 18.5 Å². The second kappa shape index (κ2) is 6.38. The van der Waals surface area contributed by atoms with Crippen LogP contribution in [0.3, 0.4) is 0 Å². The molecule has 0 spiro atoms. The van der Waals surface area contributed by atoms with Crippen LogP contribution < -0.4 is 15.4 Å². The van der Waals surface area contributed by atoms with Crippen molar-refractivity contribution in [2.24, 2.45) is 0 Å². The lowest BCUT2D eigenvalue weighted by Gasteiger charge is -2.15. The first-order valence-electron chi connectivity index (χ1n) is 6.16. The number of carbonyl (C=O) groups excluding carboxylic acids is 1. The Labute approximate surface area is 117 Å². The van der Waals surface area contributed by atoms with E-state index in [4.69, 9.17) is 21.7 Å². The van der Waals surface area contributed by atoms with Gasteiger partial charge in [0, 0.05) is 6.42 Å². The Kier molecular flexibility index (Phi) is 4.57. The number of ether oxygens (including phenoxy) is 2. The van der Waals surface area contributed by atoms with E-state index in [2.05, 4.69) is 10.6 Å². The van der Waals surface area contributed by atoms with Gasteiger partial charge in [0.05, 0.1) is 18.9 Å². The maximum Gasteiger partial charge on any atom is 0.328 e. The van der Waals surface area contributed by atoms with Gasteiger partial charge in [-0.25, -0.2) is 4.79 Å². The molecule has 0 saturated carbocycles. The van der Waals surface area contributed by atoms with Gasteiger partial charge in [-0.2, -0.15) is 0 Å². The number of esters is 1. The predicted molar refractivity (Wildman–Crippen MR) is 76.3 cm³/mol. The highest BCUT2D eigenvalue weighted by Gasteiger charge is 2.26. The molecule has 1 unspecified atom stereocenters. The molecule has 1 atom stereocenters. The predicted octanol–water partition coefficient (Wildman–Crippen LogP) is 1.69. The van der Waals surface area contributed by atoms with Gasteiger partial charge in [-0.1, -0.05) is 12.1 Å². The summed E-state index contributed by atoms with van der Waals surface area (Å²) >= 11 is 5.18. The third kappa shape index (κ3) is 3.57. The van der Waals surface area contributed by atoms with Gasteiger partial charge < -0.3 is 20.1 Å². The molecular formula is C13H16N2O3S. The quantitative estimate of drug-likeness (QED) is 0.646. The lowest BCUT2D eigenvalue weighted by molar-refractivity contribution is -0.139. The summed E-state index contributed by atoms with van der Waals surface area (Å²) in [5.41, 5.74) is 0.771. The molecule has 2 rings (SSSR count). The molecule has 19 heavy (non-hydrogen) atoms. The van der Waals surface area contributed by atoms with Gasteiger partial charge in [0.15, 0.2) is 5.11 Å². The van der Waals surface area contributed by atoms with Gasteiger partial charge >= 0.3 is 5.97 Å². The van der Waals surface area contributed by atoms with Crippen molar-refractivity contribution >= 4 is 29.0 Å². The van der Waals surface area contributed by atoms with Crippen LogP contribution in [0.25, 0.3) is 0 Å². The fourth-order valence-corrected chi connectivity index (χ4v) is 2.05. The average Bonchev–Trinajstić information content (AvgIpc) is 2.78. The highest BCUT2D eigenvalue weighted by atomic mass is 32.1. The van der Waals surface area contributed by atoms with E-state index < -0.39 is 0 Å². The average molecular weight is 280 g/mol. The van der Waals surface area contributed by atoms with E-state index in [1.807, 2.05) is 31.2 Å². The number of anilines is 1. The van der Waals surface area contributed by atoms with Gasteiger partial charge in [-0.15, -0.1) is 0 Å². The Morgan fingerprint density at radius 2 is 2.32 bits per heavy atom. The van der Waals surface area contributed by atoms with Crippen LogP contribution in [-0.4, -0.2) is 30.3 Å². The molecule has 1 heterocycles. The number of hydrogen-bond acceptors (Lipinski definition) is 4. The summed E-state index contributed by atoms with van der Waals surface area (Å²) in [5, 5.41) is 6.35. The molecule has 0 aliphatic carbocycles. The SMILES string of the molecule is CCOc1ccccc1NC(=S)NC1CCOC1=O. The highest BCUT2D eigenvalue weighted by Crippen LogP contribution is 2.23. The molecule has 1 aliphatic rings. The smallest absolute Gasteiger partial charge is 0.328 e. The van der Waals surface area contributed by atoms with Crippen molar-refractivity contribution in [3.8, 4) is 5.75 Å². The van der Waals surface area contributed by atoms with E-state index in [9.17, 15) is 4.79 Å². The Balaban J connectivity index is 1.96. The molecule has 0 amide bonds. The zero-order chi connectivity index (χ0) is 13.7. The van der Waals surface area contributed by atoms with Crippen molar-refractivity contribution < 1.29 is 14.3 Å². The van der Waals surface area contributed by atoms with Crippen molar-refractivity contribution in [1.29, 1.82) is 0 Å². The molecule has 1 fully saturated rings. The zero-order valence-corrected chi connectivity index (χ0v) is 11.5. The summed E-state index contributed by atoms with van der Waals surface area (Å²) in [6, 6.07) is 7.14. The molecule has 1 saturated heterocycles. The topological polar surface area (TPSA) is 59.6 Å². The lowest BCUT2D eigenvalue weighted by atomic mass is 10.2. The molecule has 1 aliphatic heterocycles. The van der Waals surface area contributed by atoms with Crippen molar-refractivity contribution in [1.82, 2.24) is 5.32 Å². The number of thiocarbonyl (C=S) groups is 1. The number of hydrogen-bond donors (Lipinski definition) is 2. The first-order valence-corrected chi connectivity index (χ1v) is 6.57. The maximum atomic E-state index is 11.3. The first kappa shape index (κ1) is 13.6. The molecule has 1 aromatic rings. The second-order valence-electron chi connectivity index (χ2n) is 4.04. The molecule has 0 bridgehead atoms. The molecule has 6 heteroatoms. The van der Waals surface area contributed by atoms with Crippen molar-refractivity contribution in [2.45, 2.75) is 19.4 Å². The van der Waals surface area contributed by atoms with E-state index in [-0.39, 0.29) is 12.0 Å². The minimum Gasteiger partial charge on any atom is -0.492 e. The Bertz CT molecular complexity index is 479. The van der Waals surface area contributed by atoms with Crippen LogP contribution in [0.15, 0.2) is 24.3 Å². The Morgan fingerprint density at radius 3 is 3.00 bits per heavy atom. The molecule has 5 nitrogen and oxygen atoms in total. The first-order chi connectivity index (χ1) is 9.20. The lowest BCUT2D eigenvalue weighted by Crippen LogP contribution is -2.40. The minimum atomic E-state index is -0.362. The number of rotatable bonds is 4. The number of para-hydroxylation sites is 2. The summed E-state index contributed by atoms with van der Waals surface area (Å²) in [6.07, 6.45) is 0.633.